The summed E-state index contributed by atoms with van der Waals surface area (Å²) in [5.41, 5.74) is 3.47. The van der Waals surface area contributed by atoms with Gasteiger partial charge in [-0.25, -0.2) is 0 Å². The largest absolute Gasteiger partial charge is 0.493 e. The van der Waals surface area contributed by atoms with Crippen LogP contribution in [0.3, 0.4) is 0 Å². The first-order valence-corrected chi connectivity index (χ1v) is 10.8. The maximum Gasteiger partial charge on any atom is 0.194 e. The van der Waals surface area contributed by atoms with Crippen LogP contribution in [0.25, 0.3) is 6.08 Å². The Kier molecular flexibility index (Phi) is 8.35. The summed E-state index contributed by atoms with van der Waals surface area (Å²) in [6, 6.07) is 15.9. The fourth-order valence-corrected chi connectivity index (χ4v) is 3.70. The Morgan fingerprint density at radius 2 is 1.81 bits per heavy atom. The second-order valence-corrected chi connectivity index (χ2v) is 7.53. The second kappa shape index (κ2) is 11.4. The number of benzene rings is 2. The van der Waals surface area contributed by atoms with E-state index in [1.165, 1.54) is 11.1 Å². The van der Waals surface area contributed by atoms with E-state index in [0.717, 1.165) is 44.0 Å². The van der Waals surface area contributed by atoms with Crippen LogP contribution in [0.2, 0.25) is 0 Å². The number of aliphatic hydroxyl groups excluding tert-OH is 1. The smallest absolute Gasteiger partial charge is 0.194 e. The van der Waals surface area contributed by atoms with Gasteiger partial charge in [0.2, 0.25) is 0 Å². The summed E-state index contributed by atoms with van der Waals surface area (Å²) >= 11 is 0. The SMILES string of the molecule is CCNC(=NCC(O)c1ccc(OC)c(OC)c1)N1CCC(=Cc2ccccc2)CC1. The van der Waals surface area contributed by atoms with E-state index in [0.29, 0.717) is 11.5 Å². The summed E-state index contributed by atoms with van der Waals surface area (Å²) in [6.45, 7) is 4.95. The average Bonchev–Trinajstić information content (AvgIpc) is 2.82. The molecule has 2 N–H and O–H groups in total. The van der Waals surface area contributed by atoms with E-state index in [4.69, 9.17) is 14.5 Å². The van der Waals surface area contributed by atoms with E-state index in [-0.39, 0.29) is 6.54 Å². The highest BCUT2D eigenvalue weighted by molar-refractivity contribution is 5.80. The van der Waals surface area contributed by atoms with Crippen LogP contribution in [0.4, 0.5) is 0 Å². The minimum absolute atomic E-state index is 0.279. The fourth-order valence-electron chi connectivity index (χ4n) is 3.70. The number of hydrogen-bond acceptors (Lipinski definition) is 4. The van der Waals surface area contributed by atoms with Gasteiger partial charge >= 0.3 is 0 Å². The Balaban J connectivity index is 1.63. The molecule has 0 bridgehead atoms. The molecule has 0 aromatic heterocycles. The molecule has 1 unspecified atom stereocenters. The summed E-state index contributed by atoms with van der Waals surface area (Å²) in [5, 5.41) is 14.0. The molecule has 6 heteroatoms. The molecule has 6 nitrogen and oxygen atoms in total. The second-order valence-electron chi connectivity index (χ2n) is 7.53. The lowest BCUT2D eigenvalue weighted by atomic mass is 10.0. The van der Waals surface area contributed by atoms with Gasteiger partial charge in [-0.15, -0.1) is 0 Å². The maximum atomic E-state index is 10.7. The van der Waals surface area contributed by atoms with Gasteiger partial charge < -0.3 is 24.8 Å². The van der Waals surface area contributed by atoms with Gasteiger partial charge in [-0.1, -0.05) is 48.0 Å². The van der Waals surface area contributed by atoms with Crippen molar-refractivity contribution in [3.05, 3.63) is 65.2 Å². The van der Waals surface area contributed by atoms with E-state index in [1.807, 2.05) is 12.1 Å². The Bertz CT molecular complexity index is 886. The molecule has 1 heterocycles. The first-order valence-electron chi connectivity index (χ1n) is 10.8. The van der Waals surface area contributed by atoms with Gasteiger partial charge in [0, 0.05) is 19.6 Å². The number of guanidine groups is 1. The Hall–Kier alpha value is -2.99. The van der Waals surface area contributed by atoms with Crippen molar-refractivity contribution in [1.82, 2.24) is 10.2 Å². The van der Waals surface area contributed by atoms with E-state index in [1.54, 1.807) is 26.4 Å². The van der Waals surface area contributed by atoms with Crippen molar-refractivity contribution in [2.45, 2.75) is 25.9 Å². The number of likely N-dealkylation sites (tertiary alicyclic amines) is 1. The first-order chi connectivity index (χ1) is 15.1. The lowest BCUT2D eigenvalue weighted by molar-refractivity contribution is 0.186. The Morgan fingerprint density at radius 3 is 2.45 bits per heavy atom. The lowest BCUT2D eigenvalue weighted by Crippen LogP contribution is -2.44. The molecule has 1 aliphatic rings. The number of nitrogens with one attached hydrogen (secondary N) is 1. The third-order valence-electron chi connectivity index (χ3n) is 5.42. The third kappa shape index (κ3) is 6.25. The van der Waals surface area contributed by atoms with Gasteiger partial charge in [0.1, 0.15) is 0 Å². The molecular formula is C25H33N3O3. The number of piperidine rings is 1. The van der Waals surface area contributed by atoms with Crippen LogP contribution in [-0.4, -0.2) is 56.4 Å². The summed E-state index contributed by atoms with van der Waals surface area (Å²) in [5.74, 6) is 2.09. The normalized spacial score (nSPS) is 15.4. The molecular weight excluding hydrogens is 390 g/mol. The minimum atomic E-state index is -0.716. The van der Waals surface area contributed by atoms with E-state index in [2.05, 4.69) is 47.5 Å². The van der Waals surface area contributed by atoms with Crippen LogP contribution in [0.5, 0.6) is 11.5 Å². The number of ether oxygens (including phenoxy) is 2. The van der Waals surface area contributed by atoms with Crippen molar-refractivity contribution in [2.75, 3.05) is 40.4 Å². The van der Waals surface area contributed by atoms with Crippen LogP contribution in [0, 0.1) is 0 Å². The topological polar surface area (TPSA) is 66.3 Å². The Labute approximate surface area is 185 Å². The molecule has 0 saturated carbocycles. The number of rotatable bonds is 7. The van der Waals surface area contributed by atoms with Crippen molar-refractivity contribution in [1.29, 1.82) is 0 Å². The zero-order chi connectivity index (χ0) is 22.1. The predicted octanol–water partition coefficient (Wildman–Crippen LogP) is 3.88. The van der Waals surface area contributed by atoms with Gasteiger partial charge in [-0.2, -0.15) is 0 Å². The maximum absolute atomic E-state index is 10.7. The van der Waals surface area contributed by atoms with Crippen LogP contribution in [0.15, 0.2) is 59.1 Å². The van der Waals surface area contributed by atoms with Crippen LogP contribution in [-0.2, 0) is 0 Å². The monoisotopic (exact) mass is 423 g/mol. The highest BCUT2D eigenvalue weighted by Crippen LogP contribution is 2.30. The third-order valence-corrected chi connectivity index (χ3v) is 5.42. The highest BCUT2D eigenvalue weighted by Gasteiger charge is 2.18. The summed E-state index contributed by atoms with van der Waals surface area (Å²) < 4.78 is 10.6. The quantitative estimate of drug-likeness (QED) is 0.523. The average molecular weight is 424 g/mol. The predicted molar refractivity (Wildman–Crippen MR) is 126 cm³/mol. The number of nitrogens with zero attached hydrogens (tertiary/aromatic N) is 2. The van der Waals surface area contributed by atoms with Gasteiger partial charge in [0.25, 0.3) is 0 Å². The van der Waals surface area contributed by atoms with Gasteiger partial charge in [-0.3, -0.25) is 4.99 Å². The van der Waals surface area contributed by atoms with E-state index < -0.39 is 6.10 Å². The van der Waals surface area contributed by atoms with Gasteiger partial charge in [0.05, 0.1) is 26.9 Å². The van der Waals surface area contributed by atoms with Crippen LogP contribution < -0.4 is 14.8 Å². The fraction of sp³-hybridized carbons (Fsp3) is 0.400. The zero-order valence-electron chi connectivity index (χ0n) is 18.7. The van der Waals surface area contributed by atoms with Crippen LogP contribution in [0.1, 0.15) is 37.0 Å². The van der Waals surface area contributed by atoms with Crippen molar-refractivity contribution >= 4 is 12.0 Å². The van der Waals surface area contributed by atoms with Crippen molar-refractivity contribution in [3.63, 3.8) is 0 Å². The Morgan fingerprint density at radius 1 is 1.10 bits per heavy atom. The highest BCUT2D eigenvalue weighted by atomic mass is 16.5. The molecule has 1 atom stereocenters. The summed E-state index contributed by atoms with van der Waals surface area (Å²) in [6.07, 6.45) is 3.60. The molecule has 2 aromatic rings. The number of aliphatic imine (C=N–C) groups is 1. The number of hydrogen-bond donors (Lipinski definition) is 2. The number of methoxy groups -OCH3 is 2. The van der Waals surface area contributed by atoms with E-state index >= 15 is 0 Å². The van der Waals surface area contributed by atoms with Crippen LogP contribution >= 0.6 is 0 Å². The zero-order valence-corrected chi connectivity index (χ0v) is 18.7. The molecule has 0 radical (unpaired) electrons. The summed E-state index contributed by atoms with van der Waals surface area (Å²) in [7, 11) is 3.19. The number of aliphatic hydroxyl groups is 1. The van der Waals surface area contributed by atoms with Crippen molar-refractivity contribution < 1.29 is 14.6 Å². The first kappa shape index (κ1) is 22.7. The van der Waals surface area contributed by atoms with Gasteiger partial charge in [-0.05, 0) is 43.0 Å². The molecule has 0 amide bonds. The lowest BCUT2D eigenvalue weighted by Gasteiger charge is -2.31. The molecule has 1 fully saturated rings. The van der Waals surface area contributed by atoms with Gasteiger partial charge in [0.15, 0.2) is 17.5 Å². The molecule has 0 spiro atoms. The molecule has 2 aromatic carbocycles. The molecule has 31 heavy (non-hydrogen) atoms. The van der Waals surface area contributed by atoms with Crippen molar-refractivity contribution in [3.8, 4) is 11.5 Å². The molecule has 3 rings (SSSR count). The van der Waals surface area contributed by atoms with E-state index in [9.17, 15) is 5.11 Å². The molecule has 1 saturated heterocycles. The molecule has 0 aliphatic carbocycles. The standard InChI is InChI=1S/C25H33N3O3/c1-4-26-25(27-18-22(29)21-10-11-23(30-2)24(17-21)31-3)28-14-12-20(13-15-28)16-19-8-6-5-7-9-19/h5-11,16-17,22,29H,4,12-15,18H2,1-3H3,(H,26,27). The summed E-state index contributed by atoms with van der Waals surface area (Å²) in [4.78, 5) is 6.98. The minimum Gasteiger partial charge on any atom is -0.493 e. The molecule has 1 aliphatic heterocycles. The van der Waals surface area contributed by atoms with Crippen molar-refractivity contribution in [2.24, 2.45) is 4.99 Å². The molecule has 166 valence electrons.